The number of benzene rings is 1. The second-order valence-corrected chi connectivity index (χ2v) is 7.37. The highest BCUT2D eigenvalue weighted by Crippen LogP contribution is 2.14. The first-order chi connectivity index (χ1) is 12.5. The number of nitrogens with zero attached hydrogens (tertiary/aromatic N) is 2. The number of carbonyl (C=O) groups is 2. The molecule has 0 unspecified atom stereocenters. The molecule has 0 bridgehead atoms. The Bertz CT molecular complexity index is 779. The van der Waals surface area contributed by atoms with E-state index in [1.165, 1.54) is 12.1 Å². The molecule has 0 atom stereocenters. The third-order valence-corrected chi connectivity index (χ3v) is 5.35. The maximum absolute atomic E-state index is 13.4. The largest absolute Gasteiger partial charge is 0.337 e. The zero-order valence-corrected chi connectivity index (χ0v) is 15.5. The number of halogens is 1. The lowest BCUT2D eigenvalue weighted by Crippen LogP contribution is -2.42. The van der Waals surface area contributed by atoms with Gasteiger partial charge in [0.05, 0.1) is 6.54 Å². The van der Waals surface area contributed by atoms with E-state index >= 15 is 0 Å². The SMILES string of the molecule is Cc1cc(C(=O)N2CCCN(C(=O)NCc3cccs3)CC2)ccc1F. The fourth-order valence-corrected chi connectivity index (χ4v) is 3.62. The molecule has 2 aromatic rings. The van der Waals surface area contributed by atoms with Gasteiger partial charge in [-0.3, -0.25) is 4.79 Å². The van der Waals surface area contributed by atoms with Gasteiger partial charge in [-0.2, -0.15) is 0 Å². The van der Waals surface area contributed by atoms with Gasteiger partial charge in [-0.25, -0.2) is 9.18 Å². The molecule has 1 aliphatic rings. The molecule has 7 heteroatoms. The number of hydrogen-bond donors (Lipinski definition) is 1. The molecule has 3 amide bonds. The van der Waals surface area contributed by atoms with Crippen molar-refractivity contribution >= 4 is 23.3 Å². The van der Waals surface area contributed by atoms with Crippen molar-refractivity contribution in [3.8, 4) is 0 Å². The van der Waals surface area contributed by atoms with Crippen molar-refractivity contribution in [2.24, 2.45) is 0 Å². The molecule has 138 valence electrons. The van der Waals surface area contributed by atoms with Crippen LogP contribution in [0, 0.1) is 12.7 Å². The van der Waals surface area contributed by atoms with E-state index in [0.29, 0.717) is 43.9 Å². The number of thiophene rings is 1. The Balaban J connectivity index is 1.56. The zero-order valence-electron chi connectivity index (χ0n) is 14.7. The van der Waals surface area contributed by atoms with Crippen LogP contribution >= 0.6 is 11.3 Å². The second kappa shape index (κ2) is 8.31. The maximum Gasteiger partial charge on any atom is 0.317 e. The first-order valence-electron chi connectivity index (χ1n) is 8.65. The molecule has 2 heterocycles. The van der Waals surface area contributed by atoms with E-state index in [9.17, 15) is 14.0 Å². The van der Waals surface area contributed by atoms with Crippen molar-refractivity contribution in [2.75, 3.05) is 26.2 Å². The normalized spacial score (nSPS) is 14.8. The van der Waals surface area contributed by atoms with Crippen LogP contribution in [0.5, 0.6) is 0 Å². The molecule has 1 aromatic heterocycles. The summed E-state index contributed by atoms with van der Waals surface area (Å²) in [5.74, 6) is -0.431. The summed E-state index contributed by atoms with van der Waals surface area (Å²) in [7, 11) is 0. The van der Waals surface area contributed by atoms with Crippen molar-refractivity contribution in [1.29, 1.82) is 0 Å². The van der Waals surface area contributed by atoms with E-state index in [1.54, 1.807) is 34.1 Å². The third kappa shape index (κ3) is 4.40. The summed E-state index contributed by atoms with van der Waals surface area (Å²) in [6, 6.07) is 8.25. The molecular formula is C19H22FN3O2S. The number of aryl methyl sites for hydroxylation is 1. The molecule has 0 aliphatic carbocycles. The van der Waals surface area contributed by atoms with Crippen LogP contribution in [0.1, 0.15) is 27.2 Å². The van der Waals surface area contributed by atoms with Crippen molar-refractivity contribution in [3.63, 3.8) is 0 Å². The number of carbonyl (C=O) groups excluding carboxylic acids is 2. The van der Waals surface area contributed by atoms with E-state index in [0.717, 1.165) is 11.3 Å². The molecule has 1 N–H and O–H groups in total. The van der Waals surface area contributed by atoms with E-state index < -0.39 is 0 Å². The van der Waals surface area contributed by atoms with Crippen LogP contribution in [0.4, 0.5) is 9.18 Å². The van der Waals surface area contributed by atoms with Crippen LogP contribution < -0.4 is 5.32 Å². The van der Waals surface area contributed by atoms with Crippen molar-refractivity contribution in [1.82, 2.24) is 15.1 Å². The molecule has 0 spiro atoms. The monoisotopic (exact) mass is 375 g/mol. The number of hydrogen-bond acceptors (Lipinski definition) is 3. The van der Waals surface area contributed by atoms with Crippen LogP contribution in [0.15, 0.2) is 35.7 Å². The first kappa shape index (κ1) is 18.4. The molecule has 26 heavy (non-hydrogen) atoms. The Kier molecular flexibility index (Phi) is 5.88. The van der Waals surface area contributed by atoms with E-state index in [2.05, 4.69) is 5.32 Å². The summed E-state index contributed by atoms with van der Waals surface area (Å²) in [6.45, 7) is 4.33. The molecular weight excluding hydrogens is 353 g/mol. The fraction of sp³-hybridized carbons (Fsp3) is 0.368. The Morgan fingerprint density at radius 2 is 1.92 bits per heavy atom. The number of amides is 3. The average Bonchev–Trinajstić information content (AvgIpc) is 3.04. The van der Waals surface area contributed by atoms with Crippen LogP contribution in [0.25, 0.3) is 0 Å². The van der Waals surface area contributed by atoms with Gasteiger partial charge in [0.1, 0.15) is 5.82 Å². The fourth-order valence-electron chi connectivity index (χ4n) is 2.97. The molecule has 0 saturated carbocycles. The molecule has 3 rings (SSSR count). The lowest BCUT2D eigenvalue weighted by Gasteiger charge is -2.22. The minimum Gasteiger partial charge on any atom is -0.337 e. The lowest BCUT2D eigenvalue weighted by atomic mass is 10.1. The van der Waals surface area contributed by atoms with Gasteiger partial charge < -0.3 is 15.1 Å². The number of urea groups is 1. The van der Waals surface area contributed by atoms with Gasteiger partial charge in [0.25, 0.3) is 5.91 Å². The van der Waals surface area contributed by atoms with E-state index in [1.807, 2.05) is 17.5 Å². The highest BCUT2D eigenvalue weighted by atomic mass is 32.1. The van der Waals surface area contributed by atoms with Gasteiger partial charge in [0.2, 0.25) is 0 Å². The van der Waals surface area contributed by atoms with Gasteiger partial charge >= 0.3 is 6.03 Å². The van der Waals surface area contributed by atoms with E-state index in [-0.39, 0.29) is 17.8 Å². The molecule has 1 fully saturated rings. The summed E-state index contributed by atoms with van der Waals surface area (Å²) in [5, 5.41) is 4.90. The standard InChI is InChI=1S/C19H22FN3O2S/c1-14-12-15(5-6-17(14)20)18(24)22-7-3-8-23(10-9-22)19(25)21-13-16-4-2-11-26-16/h2,4-6,11-12H,3,7-10,13H2,1H3,(H,21,25). The first-order valence-corrected chi connectivity index (χ1v) is 9.53. The molecule has 0 radical (unpaired) electrons. The maximum atomic E-state index is 13.4. The predicted octanol–water partition coefficient (Wildman–Crippen LogP) is 3.25. The zero-order chi connectivity index (χ0) is 18.5. The minimum absolute atomic E-state index is 0.106. The second-order valence-electron chi connectivity index (χ2n) is 6.33. The van der Waals surface area contributed by atoms with Crippen LogP contribution in [-0.2, 0) is 6.54 Å². The van der Waals surface area contributed by atoms with Gasteiger partial charge in [0, 0.05) is 36.6 Å². The minimum atomic E-state index is -0.314. The highest BCUT2D eigenvalue weighted by Gasteiger charge is 2.23. The van der Waals surface area contributed by atoms with Crippen LogP contribution in [0.3, 0.4) is 0 Å². The number of nitrogens with one attached hydrogen (secondary N) is 1. The van der Waals surface area contributed by atoms with Gasteiger partial charge in [0.15, 0.2) is 0 Å². The smallest absolute Gasteiger partial charge is 0.317 e. The molecule has 1 saturated heterocycles. The van der Waals surface area contributed by atoms with Crippen molar-refractivity contribution < 1.29 is 14.0 Å². The lowest BCUT2D eigenvalue weighted by molar-refractivity contribution is 0.0762. The van der Waals surface area contributed by atoms with E-state index in [4.69, 9.17) is 0 Å². The summed E-state index contributed by atoms with van der Waals surface area (Å²) in [6.07, 6.45) is 0.721. The van der Waals surface area contributed by atoms with Crippen LogP contribution in [0.2, 0.25) is 0 Å². The van der Waals surface area contributed by atoms with Gasteiger partial charge in [-0.1, -0.05) is 6.07 Å². The summed E-state index contributed by atoms with van der Waals surface area (Å²) in [5.41, 5.74) is 0.944. The van der Waals surface area contributed by atoms with Crippen LogP contribution in [-0.4, -0.2) is 47.9 Å². The van der Waals surface area contributed by atoms with Crippen molar-refractivity contribution in [3.05, 3.63) is 57.5 Å². The Hall–Kier alpha value is -2.41. The summed E-state index contributed by atoms with van der Waals surface area (Å²) in [4.78, 5) is 29.6. The predicted molar refractivity (Wildman–Crippen MR) is 99.8 cm³/mol. The Morgan fingerprint density at radius 1 is 1.15 bits per heavy atom. The molecule has 1 aromatic carbocycles. The van der Waals surface area contributed by atoms with Gasteiger partial charge in [-0.15, -0.1) is 11.3 Å². The summed E-state index contributed by atoms with van der Waals surface area (Å²) >= 11 is 1.61. The van der Waals surface area contributed by atoms with Crippen molar-refractivity contribution in [2.45, 2.75) is 19.9 Å². The topological polar surface area (TPSA) is 52.7 Å². The highest BCUT2D eigenvalue weighted by molar-refractivity contribution is 7.09. The quantitative estimate of drug-likeness (QED) is 0.895. The average molecular weight is 375 g/mol. The summed E-state index contributed by atoms with van der Waals surface area (Å²) < 4.78 is 13.4. The molecule has 5 nitrogen and oxygen atoms in total. The molecule has 1 aliphatic heterocycles. The third-order valence-electron chi connectivity index (χ3n) is 4.47. The Labute approximate surface area is 156 Å². The Morgan fingerprint density at radius 3 is 2.65 bits per heavy atom. The number of rotatable bonds is 3. The van der Waals surface area contributed by atoms with Gasteiger partial charge in [-0.05, 0) is 48.6 Å².